The molecule has 0 saturated carbocycles. The summed E-state index contributed by atoms with van der Waals surface area (Å²) in [5.74, 6) is -8.82. The largest absolute Gasteiger partial charge is 0.504 e. The van der Waals surface area contributed by atoms with E-state index in [0.717, 1.165) is 11.3 Å². The summed E-state index contributed by atoms with van der Waals surface area (Å²) in [6.45, 7) is 0. The quantitative estimate of drug-likeness (QED) is 0.414. The summed E-state index contributed by atoms with van der Waals surface area (Å²) in [5, 5.41) is 9.38. The molecule has 0 radical (unpaired) electrons. The van der Waals surface area contributed by atoms with E-state index in [4.69, 9.17) is 0 Å². The van der Waals surface area contributed by atoms with E-state index in [-0.39, 0.29) is 5.01 Å². The van der Waals surface area contributed by atoms with E-state index in [0.29, 0.717) is 10.2 Å². The normalized spacial score (nSPS) is 11.2. The third-order valence-electron chi connectivity index (χ3n) is 2.75. The van der Waals surface area contributed by atoms with Crippen LogP contribution in [-0.2, 0) is 0 Å². The van der Waals surface area contributed by atoms with E-state index in [2.05, 4.69) is 4.98 Å². The van der Waals surface area contributed by atoms with Gasteiger partial charge in [0.25, 0.3) is 0 Å². The maximum absolute atomic E-state index is 13.7. The van der Waals surface area contributed by atoms with Gasteiger partial charge in [0.2, 0.25) is 11.6 Å². The molecule has 0 saturated heterocycles. The minimum Gasteiger partial charge on any atom is -0.504 e. The van der Waals surface area contributed by atoms with Crippen molar-refractivity contribution >= 4 is 21.6 Å². The van der Waals surface area contributed by atoms with E-state index < -0.39 is 34.6 Å². The fourth-order valence-corrected chi connectivity index (χ4v) is 2.80. The van der Waals surface area contributed by atoms with Crippen LogP contribution in [-0.4, -0.2) is 10.1 Å². The van der Waals surface area contributed by atoms with Crippen LogP contribution in [0.5, 0.6) is 5.75 Å². The maximum atomic E-state index is 13.7. The Morgan fingerprint density at radius 3 is 2.25 bits per heavy atom. The Kier molecular flexibility index (Phi) is 2.86. The van der Waals surface area contributed by atoms with Crippen LogP contribution < -0.4 is 0 Å². The lowest BCUT2D eigenvalue weighted by atomic mass is 10.1. The number of phenols is 1. The molecule has 1 heterocycles. The summed E-state index contributed by atoms with van der Waals surface area (Å²) in [6, 6.07) is 6.71. The molecule has 1 N–H and O–H groups in total. The first-order chi connectivity index (χ1) is 9.50. The number of hydrogen-bond acceptors (Lipinski definition) is 3. The summed E-state index contributed by atoms with van der Waals surface area (Å²) < 4.78 is 53.9. The average Bonchev–Trinajstić information content (AvgIpc) is 2.86. The van der Waals surface area contributed by atoms with Crippen molar-refractivity contribution in [1.29, 1.82) is 0 Å². The number of aromatic hydroxyl groups is 1. The monoisotopic (exact) mass is 299 g/mol. The molecule has 0 aliphatic rings. The molecular formula is C13H5F4NOS. The molecule has 0 atom stereocenters. The molecular weight excluding hydrogens is 294 g/mol. The lowest BCUT2D eigenvalue weighted by molar-refractivity contribution is 0.368. The molecule has 0 amide bonds. The van der Waals surface area contributed by atoms with Gasteiger partial charge in [-0.3, -0.25) is 0 Å². The predicted octanol–water partition coefficient (Wildman–Crippen LogP) is 4.23. The molecule has 7 heteroatoms. The second-order valence-electron chi connectivity index (χ2n) is 3.97. The highest BCUT2D eigenvalue weighted by Gasteiger charge is 2.27. The van der Waals surface area contributed by atoms with Crippen molar-refractivity contribution in [3.63, 3.8) is 0 Å². The molecule has 1 aromatic heterocycles. The highest BCUT2D eigenvalue weighted by molar-refractivity contribution is 7.21. The van der Waals surface area contributed by atoms with Gasteiger partial charge >= 0.3 is 0 Å². The van der Waals surface area contributed by atoms with Gasteiger partial charge in [0.15, 0.2) is 17.4 Å². The Balaban J connectivity index is 2.34. The second-order valence-corrected chi connectivity index (χ2v) is 5.00. The Labute approximate surface area is 113 Å². The summed E-state index contributed by atoms with van der Waals surface area (Å²) in [5.41, 5.74) is -0.293. The molecule has 20 heavy (non-hydrogen) atoms. The van der Waals surface area contributed by atoms with Gasteiger partial charge in [-0.2, -0.15) is 4.39 Å². The number of thiazole rings is 1. The molecule has 0 aliphatic carbocycles. The molecule has 3 rings (SSSR count). The van der Waals surface area contributed by atoms with Crippen LogP contribution in [0, 0.1) is 23.3 Å². The molecule has 0 bridgehead atoms. The highest BCUT2D eigenvalue weighted by atomic mass is 32.1. The Morgan fingerprint density at radius 2 is 1.55 bits per heavy atom. The van der Waals surface area contributed by atoms with Gasteiger partial charge in [0.1, 0.15) is 5.01 Å². The van der Waals surface area contributed by atoms with Crippen molar-refractivity contribution in [2.75, 3.05) is 0 Å². The van der Waals surface area contributed by atoms with E-state index in [1.54, 1.807) is 24.3 Å². The standard InChI is InChI=1S/C13H5F4NOS/c14-8-7(12(19)11(17)10(16)9(8)15)13-18-5-3-1-2-4-6(5)20-13/h1-4,19H. The fraction of sp³-hybridized carbons (Fsp3) is 0. The van der Waals surface area contributed by atoms with Gasteiger partial charge in [-0.25, -0.2) is 18.2 Å². The van der Waals surface area contributed by atoms with E-state index in [1.807, 2.05) is 0 Å². The first-order valence-electron chi connectivity index (χ1n) is 5.41. The summed E-state index contributed by atoms with van der Waals surface area (Å²) in [6.07, 6.45) is 0. The number of phenolic OH excluding ortho intramolecular Hbond substituents is 1. The second kappa shape index (κ2) is 4.45. The zero-order valence-corrected chi connectivity index (χ0v) is 10.4. The molecule has 0 spiro atoms. The molecule has 3 aromatic rings. The zero-order chi connectivity index (χ0) is 14.4. The third kappa shape index (κ3) is 1.74. The van der Waals surface area contributed by atoms with Gasteiger partial charge in [-0.15, -0.1) is 11.3 Å². The van der Waals surface area contributed by atoms with Crippen molar-refractivity contribution in [2.45, 2.75) is 0 Å². The van der Waals surface area contributed by atoms with Gasteiger partial charge in [-0.05, 0) is 12.1 Å². The van der Waals surface area contributed by atoms with Gasteiger partial charge in [-0.1, -0.05) is 12.1 Å². The summed E-state index contributed by atoms with van der Waals surface area (Å²) in [4.78, 5) is 3.98. The molecule has 0 aliphatic heterocycles. The van der Waals surface area contributed by atoms with Gasteiger partial charge < -0.3 is 5.11 Å². The third-order valence-corrected chi connectivity index (χ3v) is 3.80. The van der Waals surface area contributed by atoms with Crippen molar-refractivity contribution in [2.24, 2.45) is 0 Å². The first-order valence-corrected chi connectivity index (χ1v) is 6.23. The molecule has 0 unspecified atom stereocenters. The number of benzene rings is 2. The number of rotatable bonds is 1. The van der Waals surface area contributed by atoms with Crippen molar-refractivity contribution in [1.82, 2.24) is 4.98 Å². The number of aromatic nitrogens is 1. The number of fused-ring (bicyclic) bond motifs is 1. The lowest BCUT2D eigenvalue weighted by Crippen LogP contribution is -1.99. The topological polar surface area (TPSA) is 33.1 Å². The highest BCUT2D eigenvalue weighted by Crippen LogP contribution is 2.40. The molecule has 2 nitrogen and oxygen atoms in total. The van der Waals surface area contributed by atoms with Crippen LogP contribution in [0.15, 0.2) is 24.3 Å². The summed E-state index contributed by atoms with van der Waals surface area (Å²) >= 11 is 0.935. The van der Waals surface area contributed by atoms with Crippen LogP contribution >= 0.6 is 11.3 Å². The zero-order valence-electron chi connectivity index (χ0n) is 9.62. The Hall–Kier alpha value is -2.15. The SMILES string of the molecule is Oc1c(F)c(F)c(F)c(F)c1-c1nc2ccccc2s1. The molecule has 2 aromatic carbocycles. The Bertz CT molecular complexity index is 769. The minimum absolute atomic E-state index is 0.126. The fourth-order valence-electron chi connectivity index (χ4n) is 1.79. The Morgan fingerprint density at radius 1 is 0.900 bits per heavy atom. The number of halogens is 4. The number of hydrogen-bond donors (Lipinski definition) is 1. The minimum atomic E-state index is -2.05. The average molecular weight is 299 g/mol. The first kappa shape index (κ1) is 12.9. The summed E-state index contributed by atoms with van der Waals surface area (Å²) in [7, 11) is 0. The smallest absolute Gasteiger partial charge is 0.204 e. The maximum Gasteiger partial charge on any atom is 0.204 e. The number of para-hydroxylation sites is 1. The van der Waals surface area contributed by atoms with E-state index in [1.165, 1.54) is 0 Å². The molecule has 0 fully saturated rings. The van der Waals surface area contributed by atoms with Gasteiger partial charge in [0.05, 0.1) is 15.8 Å². The van der Waals surface area contributed by atoms with Crippen LogP contribution in [0.3, 0.4) is 0 Å². The van der Waals surface area contributed by atoms with Gasteiger partial charge in [0, 0.05) is 0 Å². The van der Waals surface area contributed by atoms with E-state index in [9.17, 15) is 22.7 Å². The van der Waals surface area contributed by atoms with Crippen molar-refractivity contribution in [3.05, 3.63) is 47.5 Å². The number of nitrogens with zero attached hydrogens (tertiary/aromatic N) is 1. The van der Waals surface area contributed by atoms with Crippen LogP contribution in [0.1, 0.15) is 0 Å². The van der Waals surface area contributed by atoms with Crippen LogP contribution in [0.4, 0.5) is 17.6 Å². The van der Waals surface area contributed by atoms with E-state index >= 15 is 0 Å². The molecule has 102 valence electrons. The van der Waals surface area contributed by atoms with Crippen LogP contribution in [0.25, 0.3) is 20.8 Å². The predicted molar refractivity (Wildman–Crippen MR) is 66.6 cm³/mol. The van der Waals surface area contributed by atoms with Crippen molar-refractivity contribution < 1.29 is 22.7 Å². The lowest BCUT2D eigenvalue weighted by Gasteiger charge is -2.06. The van der Waals surface area contributed by atoms with Crippen molar-refractivity contribution in [3.8, 4) is 16.3 Å². The van der Waals surface area contributed by atoms with Crippen LogP contribution in [0.2, 0.25) is 0 Å².